The Morgan fingerprint density at radius 2 is 1.70 bits per heavy atom. The Balaban J connectivity index is 1.33. The molecule has 0 saturated heterocycles. The van der Waals surface area contributed by atoms with Crippen molar-refractivity contribution in [2.75, 3.05) is 17.2 Å². The number of halogens is 2. The fraction of sp³-hybridized carbons (Fsp3) is 0.222. The second kappa shape index (κ2) is 8.35. The first kappa shape index (κ1) is 21.2. The molecule has 0 fully saturated rings. The van der Waals surface area contributed by atoms with Gasteiger partial charge in [-0.1, -0.05) is 18.2 Å². The summed E-state index contributed by atoms with van der Waals surface area (Å²) in [6.45, 7) is 4.72. The Hall–Kier alpha value is -3.67. The predicted octanol–water partition coefficient (Wildman–Crippen LogP) is 6.62. The zero-order chi connectivity index (χ0) is 23.0. The summed E-state index contributed by atoms with van der Waals surface area (Å²) in [5.74, 6) is 0.500. The summed E-state index contributed by atoms with van der Waals surface area (Å²) < 4.78 is 33.0. The van der Waals surface area contributed by atoms with Crippen LogP contribution < -0.4 is 15.4 Å². The van der Waals surface area contributed by atoms with Gasteiger partial charge in [0.2, 0.25) is 0 Å². The topological polar surface area (TPSA) is 46.2 Å². The molecule has 0 radical (unpaired) electrons. The number of para-hydroxylation sites is 1. The van der Waals surface area contributed by atoms with Gasteiger partial charge in [-0.3, -0.25) is 0 Å². The molecule has 33 heavy (non-hydrogen) atoms. The second-order valence-corrected chi connectivity index (χ2v) is 8.98. The minimum absolute atomic E-state index is 0.214. The van der Waals surface area contributed by atoms with Gasteiger partial charge in [-0.05, 0) is 68.3 Å². The van der Waals surface area contributed by atoms with Crippen molar-refractivity contribution < 1.29 is 13.5 Å². The Morgan fingerprint density at radius 1 is 0.939 bits per heavy atom. The minimum Gasteiger partial charge on any atom is -0.485 e. The van der Waals surface area contributed by atoms with Gasteiger partial charge in [-0.15, -0.1) is 0 Å². The first-order valence-corrected chi connectivity index (χ1v) is 11.0. The van der Waals surface area contributed by atoms with E-state index < -0.39 is 11.6 Å². The van der Waals surface area contributed by atoms with E-state index in [-0.39, 0.29) is 5.60 Å². The van der Waals surface area contributed by atoms with Crippen LogP contribution in [0.2, 0.25) is 0 Å². The molecule has 4 nitrogen and oxygen atoms in total. The summed E-state index contributed by atoms with van der Waals surface area (Å²) in [7, 11) is 0. The molecule has 4 aromatic rings. The molecule has 0 unspecified atom stereocenters. The van der Waals surface area contributed by atoms with E-state index in [1.807, 2.05) is 42.5 Å². The lowest BCUT2D eigenvalue weighted by Crippen LogP contribution is -2.24. The summed E-state index contributed by atoms with van der Waals surface area (Å²) >= 11 is 0. The molecule has 6 heteroatoms. The van der Waals surface area contributed by atoms with Crippen molar-refractivity contribution in [3.63, 3.8) is 0 Å². The molecule has 5 rings (SSSR count). The van der Waals surface area contributed by atoms with Crippen LogP contribution in [0.5, 0.6) is 5.75 Å². The van der Waals surface area contributed by atoms with E-state index in [2.05, 4.69) is 30.5 Å². The highest BCUT2D eigenvalue weighted by atomic mass is 19.1. The van der Waals surface area contributed by atoms with Crippen LogP contribution in [0.1, 0.15) is 25.0 Å². The van der Waals surface area contributed by atoms with Crippen LogP contribution in [0.3, 0.4) is 0 Å². The van der Waals surface area contributed by atoms with Gasteiger partial charge >= 0.3 is 0 Å². The summed E-state index contributed by atoms with van der Waals surface area (Å²) in [6, 6.07) is 19.6. The van der Waals surface area contributed by atoms with E-state index >= 15 is 0 Å². The van der Waals surface area contributed by atoms with Crippen LogP contribution >= 0.6 is 0 Å². The molecule has 168 valence electrons. The maximum Gasteiger partial charge on any atom is 0.146 e. The Labute approximate surface area is 191 Å². The quantitative estimate of drug-likeness (QED) is 0.350. The number of rotatable bonds is 6. The summed E-state index contributed by atoms with van der Waals surface area (Å²) in [5.41, 5.74) is 4.27. The number of hydrogen-bond acceptors (Lipinski definition) is 4. The zero-order valence-corrected chi connectivity index (χ0v) is 18.6. The number of pyridine rings is 1. The molecular formula is C27H25F2N3O. The molecule has 1 aliphatic rings. The van der Waals surface area contributed by atoms with Gasteiger partial charge in [0.05, 0.1) is 11.2 Å². The van der Waals surface area contributed by atoms with Crippen LogP contribution in [0.25, 0.3) is 10.9 Å². The Kier molecular flexibility index (Phi) is 5.36. The van der Waals surface area contributed by atoms with Crippen molar-refractivity contribution in [2.24, 2.45) is 0 Å². The first-order chi connectivity index (χ1) is 15.9. The van der Waals surface area contributed by atoms with Crippen molar-refractivity contribution in [3.05, 3.63) is 89.5 Å². The Bertz CT molecular complexity index is 1320. The molecule has 2 N–H and O–H groups in total. The molecule has 1 aliphatic heterocycles. The number of ether oxygens (including phenoxy) is 1. The van der Waals surface area contributed by atoms with Gasteiger partial charge < -0.3 is 15.4 Å². The van der Waals surface area contributed by atoms with Crippen LogP contribution in [-0.4, -0.2) is 17.1 Å². The minimum atomic E-state index is -0.558. The summed E-state index contributed by atoms with van der Waals surface area (Å²) in [5, 5.41) is 7.74. The molecule has 0 aliphatic carbocycles. The lowest BCUT2D eigenvalue weighted by molar-refractivity contribution is 0.139. The molecule has 0 spiro atoms. The zero-order valence-electron chi connectivity index (χ0n) is 18.6. The molecule has 2 heterocycles. The van der Waals surface area contributed by atoms with Crippen LogP contribution in [-0.2, 0) is 12.8 Å². The highest BCUT2D eigenvalue weighted by molar-refractivity contribution is 5.92. The third kappa shape index (κ3) is 4.60. The highest BCUT2D eigenvalue weighted by Crippen LogP contribution is 2.41. The van der Waals surface area contributed by atoms with E-state index in [0.717, 1.165) is 46.3 Å². The Morgan fingerprint density at radius 3 is 2.52 bits per heavy atom. The summed E-state index contributed by atoms with van der Waals surface area (Å²) in [4.78, 5) is 4.78. The van der Waals surface area contributed by atoms with Gasteiger partial charge in [-0.25, -0.2) is 13.8 Å². The van der Waals surface area contributed by atoms with Gasteiger partial charge in [-0.2, -0.15) is 0 Å². The highest BCUT2D eigenvalue weighted by Gasteiger charge is 2.31. The van der Waals surface area contributed by atoms with E-state index in [9.17, 15) is 8.78 Å². The van der Waals surface area contributed by atoms with Crippen molar-refractivity contribution in [3.8, 4) is 5.75 Å². The van der Waals surface area contributed by atoms with Gasteiger partial charge in [0.1, 0.15) is 28.8 Å². The van der Waals surface area contributed by atoms with E-state index in [4.69, 9.17) is 9.72 Å². The van der Waals surface area contributed by atoms with Gasteiger partial charge in [0.15, 0.2) is 0 Å². The molecular weight excluding hydrogens is 420 g/mol. The predicted molar refractivity (Wildman–Crippen MR) is 128 cm³/mol. The van der Waals surface area contributed by atoms with E-state index in [1.54, 1.807) is 0 Å². The van der Waals surface area contributed by atoms with Gasteiger partial charge in [0.25, 0.3) is 0 Å². The molecule has 1 aromatic heterocycles. The monoisotopic (exact) mass is 445 g/mol. The normalized spacial score (nSPS) is 14.1. The number of fused-ring (bicyclic) bond motifs is 2. The van der Waals surface area contributed by atoms with Crippen LogP contribution in [0.4, 0.5) is 26.0 Å². The SMILES string of the molecule is CC1(C)Cc2cccc(Nc3ccc4c(NCCc5cc(F)cc(F)c5)cccc4n3)c2O1. The van der Waals surface area contributed by atoms with E-state index in [1.165, 1.54) is 17.7 Å². The molecule has 0 bridgehead atoms. The third-order valence-corrected chi connectivity index (χ3v) is 5.74. The molecule has 0 saturated carbocycles. The fourth-order valence-corrected chi connectivity index (χ4v) is 4.33. The number of nitrogens with zero attached hydrogens (tertiary/aromatic N) is 1. The number of benzene rings is 3. The van der Waals surface area contributed by atoms with Crippen molar-refractivity contribution >= 4 is 28.1 Å². The lowest BCUT2D eigenvalue weighted by atomic mass is 10.0. The molecule has 3 aromatic carbocycles. The van der Waals surface area contributed by atoms with Crippen molar-refractivity contribution in [1.82, 2.24) is 4.98 Å². The number of aromatic nitrogens is 1. The lowest BCUT2D eigenvalue weighted by Gasteiger charge is -2.18. The average Bonchev–Trinajstić information content (AvgIpc) is 3.08. The second-order valence-electron chi connectivity index (χ2n) is 8.98. The fourth-order valence-electron chi connectivity index (χ4n) is 4.33. The largest absolute Gasteiger partial charge is 0.485 e. The average molecular weight is 446 g/mol. The third-order valence-electron chi connectivity index (χ3n) is 5.74. The van der Waals surface area contributed by atoms with Crippen LogP contribution in [0.15, 0.2) is 66.7 Å². The smallest absolute Gasteiger partial charge is 0.146 e. The van der Waals surface area contributed by atoms with Crippen molar-refractivity contribution in [1.29, 1.82) is 0 Å². The van der Waals surface area contributed by atoms with Crippen LogP contribution in [0, 0.1) is 11.6 Å². The maximum absolute atomic E-state index is 13.4. The maximum atomic E-state index is 13.4. The standard InChI is InChI=1S/C27H25F2N3O/c1-27(2)16-18-5-3-8-24(26(18)33-27)32-25-10-9-21-22(6-4-7-23(21)31-25)30-12-11-17-13-19(28)15-20(29)14-17/h3-10,13-15,30H,11-12,16H2,1-2H3,(H,31,32). The molecule has 0 atom stereocenters. The van der Waals surface area contributed by atoms with Crippen molar-refractivity contribution in [2.45, 2.75) is 32.3 Å². The van der Waals surface area contributed by atoms with Gasteiger partial charge in [0, 0.05) is 35.7 Å². The first-order valence-electron chi connectivity index (χ1n) is 11.0. The number of nitrogens with one attached hydrogen (secondary N) is 2. The summed E-state index contributed by atoms with van der Waals surface area (Å²) in [6.07, 6.45) is 1.38. The number of anilines is 3. The molecule has 0 amide bonds. The van der Waals surface area contributed by atoms with E-state index in [0.29, 0.717) is 18.5 Å². The number of hydrogen-bond donors (Lipinski definition) is 2.